The number of nitrogens with zero attached hydrogens (tertiary/aromatic N) is 1. The fourth-order valence-electron chi connectivity index (χ4n) is 1.48. The zero-order chi connectivity index (χ0) is 9.84. The summed E-state index contributed by atoms with van der Waals surface area (Å²) in [4.78, 5) is 12.5. The zero-order valence-electron chi connectivity index (χ0n) is 7.31. The van der Waals surface area contributed by atoms with E-state index >= 15 is 0 Å². The number of aliphatic hydroxyl groups excluding tert-OH is 2. The number of amides is 2. The Bertz CT molecular complexity index is 188. The maximum absolute atomic E-state index is 11.1. The van der Waals surface area contributed by atoms with Crippen LogP contribution in [0.3, 0.4) is 0 Å². The standard InChI is InChI=1S/C7H15N3O3/c8-9-7(13)10-2-1-6(12)5(3-10)4-11/h5-6,11-12H,1-4,8H2,(H,9,13). The van der Waals surface area contributed by atoms with Crippen molar-refractivity contribution >= 4 is 6.03 Å². The average Bonchev–Trinajstić information content (AvgIpc) is 2.17. The molecular weight excluding hydrogens is 174 g/mol. The topological polar surface area (TPSA) is 98.8 Å². The van der Waals surface area contributed by atoms with Gasteiger partial charge < -0.3 is 15.1 Å². The summed E-state index contributed by atoms with van der Waals surface area (Å²) in [6.07, 6.45) is -0.0367. The molecule has 1 aliphatic rings. The van der Waals surface area contributed by atoms with Crippen LogP contribution in [-0.4, -0.2) is 46.9 Å². The lowest BCUT2D eigenvalue weighted by Gasteiger charge is -2.34. The number of hydrogen-bond donors (Lipinski definition) is 4. The summed E-state index contributed by atoms with van der Waals surface area (Å²) in [5.41, 5.74) is 2.02. The first-order valence-electron chi connectivity index (χ1n) is 4.23. The van der Waals surface area contributed by atoms with Crippen LogP contribution in [0.4, 0.5) is 4.79 Å². The van der Waals surface area contributed by atoms with Crippen LogP contribution in [-0.2, 0) is 0 Å². The van der Waals surface area contributed by atoms with Crippen molar-refractivity contribution in [3.8, 4) is 0 Å². The Morgan fingerprint density at radius 2 is 2.38 bits per heavy atom. The van der Waals surface area contributed by atoms with Crippen molar-refractivity contribution in [3.05, 3.63) is 0 Å². The highest BCUT2D eigenvalue weighted by atomic mass is 16.3. The molecule has 1 heterocycles. The smallest absolute Gasteiger partial charge is 0.331 e. The Labute approximate surface area is 76.3 Å². The van der Waals surface area contributed by atoms with Crippen LogP contribution >= 0.6 is 0 Å². The first-order chi connectivity index (χ1) is 6.19. The highest BCUT2D eigenvalue weighted by molar-refractivity contribution is 5.73. The number of aliphatic hydroxyl groups is 2. The number of rotatable bonds is 1. The second kappa shape index (κ2) is 4.40. The molecule has 0 aliphatic carbocycles. The molecule has 0 aromatic heterocycles. The van der Waals surface area contributed by atoms with Gasteiger partial charge in [0.1, 0.15) is 0 Å². The lowest BCUT2D eigenvalue weighted by molar-refractivity contribution is 0.0124. The molecule has 6 heteroatoms. The summed E-state index contributed by atoms with van der Waals surface area (Å²) in [5, 5.41) is 18.3. The average molecular weight is 189 g/mol. The molecule has 0 radical (unpaired) electrons. The monoisotopic (exact) mass is 189 g/mol. The number of hydrogen-bond acceptors (Lipinski definition) is 4. The second-order valence-electron chi connectivity index (χ2n) is 3.19. The van der Waals surface area contributed by atoms with Crippen LogP contribution in [0.25, 0.3) is 0 Å². The molecule has 0 aromatic carbocycles. The van der Waals surface area contributed by atoms with E-state index in [2.05, 4.69) is 0 Å². The number of hydrazine groups is 1. The van der Waals surface area contributed by atoms with Gasteiger partial charge in [-0.2, -0.15) is 0 Å². The lowest BCUT2D eigenvalue weighted by Crippen LogP contribution is -2.52. The Morgan fingerprint density at radius 3 is 2.92 bits per heavy atom. The van der Waals surface area contributed by atoms with Gasteiger partial charge in [0.05, 0.1) is 12.7 Å². The van der Waals surface area contributed by atoms with Crippen LogP contribution in [0.15, 0.2) is 0 Å². The van der Waals surface area contributed by atoms with E-state index < -0.39 is 6.10 Å². The van der Waals surface area contributed by atoms with E-state index in [1.54, 1.807) is 0 Å². The highest BCUT2D eigenvalue weighted by Crippen LogP contribution is 2.16. The largest absolute Gasteiger partial charge is 0.396 e. The van der Waals surface area contributed by atoms with Gasteiger partial charge in [-0.05, 0) is 6.42 Å². The van der Waals surface area contributed by atoms with Crippen molar-refractivity contribution in [1.82, 2.24) is 10.3 Å². The molecule has 1 fully saturated rings. The van der Waals surface area contributed by atoms with E-state index in [0.29, 0.717) is 19.5 Å². The van der Waals surface area contributed by atoms with E-state index in [1.807, 2.05) is 5.43 Å². The van der Waals surface area contributed by atoms with Crippen LogP contribution in [0.2, 0.25) is 0 Å². The molecule has 0 aromatic rings. The van der Waals surface area contributed by atoms with Gasteiger partial charge in [-0.3, -0.25) is 5.43 Å². The molecule has 0 bridgehead atoms. The van der Waals surface area contributed by atoms with Gasteiger partial charge in [-0.1, -0.05) is 0 Å². The van der Waals surface area contributed by atoms with E-state index in [4.69, 9.17) is 10.9 Å². The van der Waals surface area contributed by atoms with E-state index in [-0.39, 0.29) is 18.6 Å². The van der Waals surface area contributed by atoms with Crippen LogP contribution in [0, 0.1) is 5.92 Å². The Morgan fingerprint density at radius 1 is 1.69 bits per heavy atom. The van der Waals surface area contributed by atoms with Crippen LogP contribution < -0.4 is 11.3 Å². The molecule has 2 amide bonds. The number of nitrogens with two attached hydrogens (primary N) is 1. The van der Waals surface area contributed by atoms with Crippen molar-refractivity contribution in [3.63, 3.8) is 0 Å². The van der Waals surface area contributed by atoms with Crippen molar-refractivity contribution in [2.24, 2.45) is 11.8 Å². The number of carbonyl (C=O) groups excluding carboxylic acids is 1. The summed E-state index contributed by atoms with van der Waals surface area (Å²) in [6.45, 7) is 0.705. The third-order valence-corrected chi connectivity index (χ3v) is 2.34. The summed E-state index contributed by atoms with van der Waals surface area (Å²) in [5.74, 6) is 4.70. The van der Waals surface area contributed by atoms with Gasteiger partial charge in [0.25, 0.3) is 0 Å². The minimum atomic E-state index is -0.521. The molecule has 1 rings (SSSR count). The molecule has 76 valence electrons. The van der Waals surface area contributed by atoms with Gasteiger partial charge in [0.15, 0.2) is 0 Å². The molecule has 5 N–H and O–H groups in total. The lowest BCUT2D eigenvalue weighted by atomic mass is 9.96. The summed E-state index contributed by atoms with van der Waals surface area (Å²) < 4.78 is 0. The fraction of sp³-hybridized carbons (Fsp3) is 0.857. The maximum atomic E-state index is 11.1. The molecule has 2 unspecified atom stereocenters. The predicted molar refractivity (Wildman–Crippen MR) is 45.5 cm³/mol. The van der Waals surface area contributed by atoms with Gasteiger partial charge in [0, 0.05) is 19.0 Å². The minimum Gasteiger partial charge on any atom is -0.396 e. The molecule has 6 nitrogen and oxygen atoms in total. The first kappa shape index (κ1) is 10.2. The van der Waals surface area contributed by atoms with Crippen molar-refractivity contribution in [1.29, 1.82) is 0 Å². The maximum Gasteiger partial charge on any atom is 0.331 e. The van der Waals surface area contributed by atoms with E-state index in [1.165, 1.54) is 4.90 Å². The zero-order valence-corrected chi connectivity index (χ0v) is 7.31. The second-order valence-corrected chi connectivity index (χ2v) is 3.19. The molecule has 13 heavy (non-hydrogen) atoms. The predicted octanol–water partition coefficient (Wildman–Crippen LogP) is -1.76. The first-order valence-corrected chi connectivity index (χ1v) is 4.23. The molecule has 0 saturated carbocycles. The molecule has 2 atom stereocenters. The summed E-state index contributed by atoms with van der Waals surface area (Å²) >= 11 is 0. The van der Waals surface area contributed by atoms with Crippen LogP contribution in [0.1, 0.15) is 6.42 Å². The van der Waals surface area contributed by atoms with Crippen molar-refractivity contribution < 1.29 is 15.0 Å². The molecular formula is C7H15N3O3. The molecule has 1 aliphatic heterocycles. The number of likely N-dealkylation sites (tertiary alicyclic amines) is 1. The van der Waals surface area contributed by atoms with E-state index in [9.17, 15) is 9.90 Å². The number of urea groups is 1. The SMILES string of the molecule is NNC(=O)N1CCC(O)C(CO)C1. The van der Waals surface area contributed by atoms with Crippen LogP contribution in [0.5, 0.6) is 0 Å². The third-order valence-electron chi connectivity index (χ3n) is 2.34. The Kier molecular flexibility index (Phi) is 3.47. The summed E-state index contributed by atoms with van der Waals surface area (Å²) in [7, 11) is 0. The van der Waals surface area contributed by atoms with Crippen molar-refractivity contribution in [2.45, 2.75) is 12.5 Å². The Balaban J connectivity index is 2.49. The quantitative estimate of drug-likeness (QED) is 0.223. The van der Waals surface area contributed by atoms with Gasteiger partial charge in [-0.25, -0.2) is 10.6 Å². The highest BCUT2D eigenvalue weighted by Gasteiger charge is 2.29. The number of nitrogens with one attached hydrogen (secondary N) is 1. The summed E-state index contributed by atoms with van der Waals surface area (Å²) in [6, 6.07) is -0.370. The fourth-order valence-corrected chi connectivity index (χ4v) is 1.48. The minimum absolute atomic E-state index is 0.116. The van der Waals surface area contributed by atoms with E-state index in [0.717, 1.165) is 0 Å². The van der Waals surface area contributed by atoms with Gasteiger partial charge >= 0.3 is 6.03 Å². The number of piperidine rings is 1. The van der Waals surface area contributed by atoms with Gasteiger partial charge in [-0.15, -0.1) is 0 Å². The molecule has 1 saturated heterocycles. The Hall–Kier alpha value is -0.850. The normalized spacial score (nSPS) is 28.7. The van der Waals surface area contributed by atoms with Crippen molar-refractivity contribution in [2.75, 3.05) is 19.7 Å². The third kappa shape index (κ3) is 2.30. The van der Waals surface area contributed by atoms with Gasteiger partial charge in [0.2, 0.25) is 0 Å². The molecule has 0 spiro atoms. The number of carbonyl (C=O) groups is 1.